The molecule has 6 nitrogen and oxygen atoms in total. The normalized spacial score (nSPS) is 12.3. The molecule has 3 rings (SSSR count). The van der Waals surface area contributed by atoms with Crippen LogP contribution in [0.4, 0.5) is 10.5 Å². The minimum Gasteiger partial charge on any atom is -0.480 e. The number of thioether (sulfide) groups is 1. The van der Waals surface area contributed by atoms with Crippen LogP contribution in [0.25, 0.3) is 11.1 Å². The third-order valence-electron chi connectivity index (χ3n) is 7.41. The van der Waals surface area contributed by atoms with E-state index in [0.717, 1.165) is 36.1 Å². The fraction of sp³-hybridized carbons (Fsp3) is 0.444. The Bertz CT molecular complexity index is 1310. The highest BCUT2D eigenvalue weighted by atomic mass is 32.2. The lowest BCUT2D eigenvalue weighted by Crippen LogP contribution is -2.44. The smallest absolute Gasteiger partial charge is 0.408 e. The average Bonchev–Trinajstić information content (AvgIpc) is 2.96. The predicted molar refractivity (Wildman–Crippen MR) is 180 cm³/mol. The Labute approximate surface area is 262 Å². The molecule has 1 amide bonds. The zero-order valence-corrected chi connectivity index (χ0v) is 27.5. The van der Waals surface area contributed by atoms with Crippen molar-refractivity contribution in [2.45, 2.75) is 97.2 Å². The first-order chi connectivity index (χ1) is 20.4. The van der Waals surface area contributed by atoms with Crippen LogP contribution in [0.3, 0.4) is 0 Å². The molecular formula is C36H48N2O4S. The van der Waals surface area contributed by atoms with Gasteiger partial charge in [-0.1, -0.05) is 68.4 Å². The Balaban J connectivity index is 1.62. The summed E-state index contributed by atoms with van der Waals surface area (Å²) >= 11 is 1.46. The van der Waals surface area contributed by atoms with E-state index >= 15 is 0 Å². The average molecular weight is 605 g/mol. The molecule has 43 heavy (non-hydrogen) atoms. The quantitative estimate of drug-likeness (QED) is 0.191. The van der Waals surface area contributed by atoms with Crippen molar-refractivity contribution >= 4 is 29.5 Å². The lowest BCUT2D eigenvalue weighted by molar-refractivity contribution is -0.138. The molecule has 0 aromatic heterocycles. The van der Waals surface area contributed by atoms with Gasteiger partial charge in [-0.15, -0.1) is 0 Å². The molecule has 3 aromatic carbocycles. The van der Waals surface area contributed by atoms with Gasteiger partial charge in [-0.3, -0.25) is 0 Å². The van der Waals surface area contributed by atoms with Crippen LogP contribution in [0.15, 0.2) is 72.8 Å². The number of hydrogen-bond donors (Lipinski definition) is 2. The second kappa shape index (κ2) is 15.9. The molecule has 0 aliphatic rings. The number of rotatable bonds is 14. The molecule has 0 bridgehead atoms. The van der Waals surface area contributed by atoms with Gasteiger partial charge in [-0.25, -0.2) is 9.59 Å². The zero-order valence-electron chi connectivity index (χ0n) is 26.7. The van der Waals surface area contributed by atoms with Gasteiger partial charge in [-0.2, -0.15) is 11.8 Å². The molecule has 0 unspecified atom stereocenters. The molecule has 0 aliphatic carbocycles. The molecule has 0 radical (unpaired) electrons. The fourth-order valence-corrected chi connectivity index (χ4v) is 6.04. The Morgan fingerprint density at radius 2 is 1.56 bits per heavy atom. The van der Waals surface area contributed by atoms with Crippen molar-refractivity contribution in [2.75, 3.05) is 10.7 Å². The molecule has 1 atom stereocenters. The van der Waals surface area contributed by atoms with Gasteiger partial charge in [0.2, 0.25) is 0 Å². The van der Waals surface area contributed by atoms with E-state index in [4.69, 9.17) is 4.74 Å². The highest BCUT2D eigenvalue weighted by Gasteiger charge is 2.24. The van der Waals surface area contributed by atoms with Crippen LogP contribution >= 0.6 is 11.8 Å². The van der Waals surface area contributed by atoms with Crippen molar-refractivity contribution in [2.24, 2.45) is 0 Å². The van der Waals surface area contributed by atoms with Gasteiger partial charge in [0.05, 0.1) is 0 Å². The Morgan fingerprint density at radius 1 is 0.907 bits per heavy atom. The van der Waals surface area contributed by atoms with Gasteiger partial charge in [0, 0.05) is 29.8 Å². The second-order valence-corrected chi connectivity index (χ2v) is 13.3. The number of carboxylic acid groups (broad SMARTS) is 1. The van der Waals surface area contributed by atoms with Gasteiger partial charge in [-0.05, 0) is 99.4 Å². The number of amides is 1. The summed E-state index contributed by atoms with van der Waals surface area (Å²) < 4.78 is 5.20. The number of anilines is 1. The van der Waals surface area contributed by atoms with Crippen LogP contribution in [-0.2, 0) is 21.8 Å². The van der Waals surface area contributed by atoms with Crippen molar-refractivity contribution in [3.63, 3.8) is 0 Å². The molecule has 0 saturated heterocycles. The first kappa shape index (κ1) is 34.0. The number of benzene rings is 3. The fourth-order valence-electron chi connectivity index (χ4n) is 5.03. The number of carboxylic acids is 1. The summed E-state index contributed by atoms with van der Waals surface area (Å²) in [5.74, 6) is 0.416. The topological polar surface area (TPSA) is 78.9 Å². The lowest BCUT2D eigenvalue weighted by atomic mass is 9.94. The number of nitrogens with one attached hydrogen (secondary N) is 1. The second-order valence-electron chi connectivity index (χ2n) is 12.3. The largest absolute Gasteiger partial charge is 0.480 e. The van der Waals surface area contributed by atoms with Crippen molar-refractivity contribution in [3.8, 4) is 11.1 Å². The monoisotopic (exact) mass is 604 g/mol. The van der Waals surface area contributed by atoms with Crippen LogP contribution < -0.4 is 10.2 Å². The molecule has 7 heteroatoms. The minimum absolute atomic E-state index is 0.241. The first-order valence-electron chi connectivity index (χ1n) is 15.2. The molecule has 0 heterocycles. The van der Waals surface area contributed by atoms with Crippen LogP contribution in [0.5, 0.6) is 0 Å². The van der Waals surface area contributed by atoms with Gasteiger partial charge in [0.25, 0.3) is 0 Å². The molecular weight excluding hydrogens is 556 g/mol. The highest BCUT2D eigenvalue weighted by molar-refractivity contribution is 7.98. The van der Waals surface area contributed by atoms with E-state index < -0.39 is 23.7 Å². The molecule has 0 fully saturated rings. The Hall–Kier alpha value is -3.45. The molecule has 0 aliphatic heterocycles. The summed E-state index contributed by atoms with van der Waals surface area (Å²) in [5.41, 5.74) is 6.62. The number of ether oxygens (including phenoxy) is 1. The number of nitrogens with zero attached hydrogens (tertiary/aromatic N) is 1. The number of alkyl carbamates (subject to hydrolysis) is 1. The third kappa shape index (κ3) is 10.6. The summed E-state index contributed by atoms with van der Waals surface area (Å²) in [7, 11) is 0. The maximum Gasteiger partial charge on any atom is 0.408 e. The van der Waals surface area contributed by atoms with E-state index in [-0.39, 0.29) is 5.75 Å². The lowest BCUT2D eigenvalue weighted by Gasteiger charge is -2.30. The summed E-state index contributed by atoms with van der Waals surface area (Å²) in [6.45, 7) is 15.0. The summed E-state index contributed by atoms with van der Waals surface area (Å²) in [6.07, 6.45) is 1.60. The molecule has 232 valence electrons. The number of carbonyl (C=O) groups excluding carboxylic acids is 1. The van der Waals surface area contributed by atoms with Crippen LogP contribution in [-0.4, -0.2) is 40.6 Å². The third-order valence-corrected chi connectivity index (χ3v) is 8.52. The van der Waals surface area contributed by atoms with E-state index in [2.05, 4.69) is 111 Å². The molecule has 3 aromatic rings. The van der Waals surface area contributed by atoms with E-state index in [0.29, 0.717) is 17.7 Å². The van der Waals surface area contributed by atoms with Crippen molar-refractivity contribution in [1.82, 2.24) is 5.32 Å². The minimum atomic E-state index is -1.08. The zero-order chi connectivity index (χ0) is 31.6. The maximum atomic E-state index is 12.0. The Morgan fingerprint density at radius 3 is 2.12 bits per heavy atom. The van der Waals surface area contributed by atoms with Crippen molar-refractivity contribution in [3.05, 3.63) is 89.5 Å². The first-order valence-corrected chi connectivity index (χ1v) is 16.4. The molecule has 0 spiro atoms. The van der Waals surface area contributed by atoms with E-state index in [1.54, 1.807) is 20.8 Å². The number of aliphatic carboxylic acids is 1. The van der Waals surface area contributed by atoms with Crippen molar-refractivity contribution in [1.29, 1.82) is 0 Å². The number of carbonyl (C=O) groups is 2. The van der Waals surface area contributed by atoms with Gasteiger partial charge >= 0.3 is 12.1 Å². The predicted octanol–water partition coefficient (Wildman–Crippen LogP) is 8.88. The Kier molecular flexibility index (Phi) is 12.6. The van der Waals surface area contributed by atoms with E-state index in [1.807, 2.05) is 0 Å². The van der Waals surface area contributed by atoms with Gasteiger partial charge < -0.3 is 20.1 Å². The van der Waals surface area contributed by atoms with Crippen LogP contribution in [0.1, 0.15) is 83.9 Å². The molecule has 2 N–H and O–H groups in total. The van der Waals surface area contributed by atoms with Gasteiger partial charge in [0.1, 0.15) is 11.6 Å². The van der Waals surface area contributed by atoms with Crippen molar-refractivity contribution < 1.29 is 19.4 Å². The summed E-state index contributed by atoms with van der Waals surface area (Å²) in [4.78, 5) is 26.1. The summed E-state index contributed by atoms with van der Waals surface area (Å²) in [6, 6.07) is 25.5. The van der Waals surface area contributed by atoms with Crippen LogP contribution in [0, 0.1) is 0 Å². The van der Waals surface area contributed by atoms with Gasteiger partial charge in [0.15, 0.2) is 0 Å². The SMILES string of the molecule is CCC(CC)c1ccc(N(Cc2cccc(-c3ccc(CSC[C@H](NC(=O)OC(C)(C)C)C(=O)O)cc3)c2)C(C)C)cc1. The molecule has 0 saturated carbocycles. The van der Waals surface area contributed by atoms with E-state index in [9.17, 15) is 14.7 Å². The van der Waals surface area contributed by atoms with Crippen LogP contribution in [0.2, 0.25) is 0 Å². The number of hydrogen-bond acceptors (Lipinski definition) is 5. The maximum absolute atomic E-state index is 12.0. The summed E-state index contributed by atoms with van der Waals surface area (Å²) in [5, 5.41) is 12.0. The highest BCUT2D eigenvalue weighted by Crippen LogP contribution is 2.28. The van der Waals surface area contributed by atoms with E-state index in [1.165, 1.54) is 28.6 Å². The standard InChI is InChI=1S/C36H48N2O4S/c1-8-28(9-2)29-17-19-32(20-18-29)38(25(3)4)22-27-11-10-12-31(21-27)30-15-13-26(14-16-30)23-43-24-33(34(39)40)37-35(41)42-36(5,6)7/h10-21,25,28,33H,8-9,22-24H2,1-7H3,(H,37,41)(H,39,40)/t33-/m0/s1.